The van der Waals surface area contributed by atoms with Gasteiger partial charge in [0.05, 0.1) is 39.1 Å². The molecule has 61 heavy (non-hydrogen) atoms. The van der Waals surface area contributed by atoms with Crippen molar-refractivity contribution in [3.63, 3.8) is 0 Å². The number of aliphatic hydroxyl groups is 14. The number of fused-ring (bicyclic) bond motifs is 1. The van der Waals surface area contributed by atoms with Gasteiger partial charge in [0.1, 0.15) is 97.7 Å². The summed E-state index contributed by atoms with van der Waals surface area (Å²) in [5.41, 5.74) is 1.42. The lowest BCUT2D eigenvalue weighted by molar-refractivity contribution is -0.362. The summed E-state index contributed by atoms with van der Waals surface area (Å²) in [6, 6.07) is 0. The Morgan fingerprint density at radius 1 is 0.607 bits per heavy atom. The topological polar surface area (TPSA) is 357 Å². The minimum absolute atomic E-state index is 0.0231. The van der Waals surface area contributed by atoms with Crippen molar-refractivity contribution in [1.82, 2.24) is 0 Å². The van der Waals surface area contributed by atoms with Crippen LogP contribution in [0.1, 0.15) is 39.5 Å². The van der Waals surface area contributed by atoms with Gasteiger partial charge in [-0.15, -0.1) is 0 Å². The number of hydrogen-bond acceptors (Lipinski definition) is 22. The largest absolute Gasteiger partial charge is 0.394 e. The second kappa shape index (κ2) is 20.4. The van der Waals surface area contributed by atoms with Crippen molar-refractivity contribution in [3.05, 3.63) is 23.8 Å². The lowest BCUT2D eigenvalue weighted by Crippen LogP contribution is -2.65. The van der Waals surface area contributed by atoms with E-state index in [1.165, 1.54) is 0 Å². The van der Waals surface area contributed by atoms with Gasteiger partial charge in [-0.05, 0) is 55.4 Å². The minimum atomic E-state index is -1.79. The van der Waals surface area contributed by atoms with E-state index in [-0.39, 0.29) is 23.9 Å². The smallest absolute Gasteiger partial charge is 0.187 e. The standard InChI is InChI=1S/C39H64O22/c1-14-6-17(55-36-32(53)28(49)34(22(12-43)59-36)61-38-30(51)26(47)24(45)20(10-41)57-38)8-39(3)5-4-16(7-18(14)39)15(2)13-54-35-31(52)27(48)33(21(11-42)58-35)60-37-29(50)25(46)23(44)19(9-40)56-37/h6,16-38,40-53H,2,4-5,7-13H2,1,3H3/t16-,17-,18-,19?,20?,21?,22?,23?,24?,25?,26?,27?,28?,29?,30?,31?,32?,33?,34?,35?,36?,37?,38?,39-/m0/s1. The monoisotopic (exact) mass is 884 g/mol. The molecule has 4 saturated heterocycles. The molecule has 6 rings (SSSR count). The molecule has 0 aromatic carbocycles. The maximum atomic E-state index is 11.1. The minimum Gasteiger partial charge on any atom is -0.394 e. The van der Waals surface area contributed by atoms with E-state index in [0.717, 1.165) is 12.0 Å². The van der Waals surface area contributed by atoms with E-state index in [4.69, 9.17) is 37.9 Å². The molecule has 22 nitrogen and oxygen atoms in total. The van der Waals surface area contributed by atoms with Gasteiger partial charge in [0.15, 0.2) is 25.2 Å². The molecule has 0 radical (unpaired) electrons. The van der Waals surface area contributed by atoms with Crippen LogP contribution >= 0.6 is 0 Å². The lowest BCUT2D eigenvalue weighted by atomic mass is 9.57. The Kier molecular flexibility index (Phi) is 16.4. The van der Waals surface area contributed by atoms with Gasteiger partial charge in [-0.2, -0.15) is 0 Å². The van der Waals surface area contributed by atoms with Gasteiger partial charge >= 0.3 is 0 Å². The van der Waals surface area contributed by atoms with Crippen LogP contribution in [0.4, 0.5) is 0 Å². The first kappa shape index (κ1) is 49.0. The molecule has 5 fully saturated rings. The van der Waals surface area contributed by atoms with E-state index in [2.05, 4.69) is 13.5 Å². The Bertz CT molecular complexity index is 1470. The third-order valence-corrected chi connectivity index (χ3v) is 13.3. The molecule has 0 amide bonds. The van der Waals surface area contributed by atoms with Gasteiger partial charge in [-0.25, -0.2) is 0 Å². The first-order chi connectivity index (χ1) is 28.9. The van der Waals surface area contributed by atoms with Crippen molar-refractivity contribution >= 4 is 0 Å². The molecule has 20 unspecified atom stereocenters. The maximum Gasteiger partial charge on any atom is 0.187 e. The van der Waals surface area contributed by atoms with Crippen LogP contribution in [-0.2, 0) is 37.9 Å². The van der Waals surface area contributed by atoms with E-state index in [1.54, 1.807) is 0 Å². The highest BCUT2D eigenvalue weighted by Crippen LogP contribution is 2.54. The normalized spacial score (nSPS) is 50.8. The number of aliphatic hydroxyl groups excluding tert-OH is 14. The second-order valence-corrected chi connectivity index (χ2v) is 17.4. The molecule has 0 aromatic rings. The molecule has 4 heterocycles. The molecule has 1 saturated carbocycles. The Balaban J connectivity index is 1.02. The average Bonchev–Trinajstić information content (AvgIpc) is 3.24. The van der Waals surface area contributed by atoms with Crippen molar-refractivity contribution in [3.8, 4) is 0 Å². The molecule has 4 aliphatic heterocycles. The SMILES string of the molecule is C=C(COC1OC(CO)C(OC2OC(CO)C(O)C(O)C2O)C(O)C1O)[C@H]1CC[C@@]2(C)C[C@@H](OC3OC(CO)C(OC4OC(CO)C(O)C(O)C4O)C(O)C3O)C=C(C)[C@@H]2C1. The maximum absolute atomic E-state index is 11.1. The van der Waals surface area contributed by atoms with Crippen LogP contribution in [0.3, 0.4) is 0 Å². The highest BCUT2D eigenvalue weighted by molar-refractivity contribution is 5.20. The van der Waals surface area contributed by atoms with E-state index in [0.29, 0.717) is 24.8 Å². The van der Waals surface area contributed by atoms with Crippen LogP contribution < -0.4 is 0 Å². The van der Waals surface area contributed by atoms with Crippen LogP contribution in [0.15, 0.2) is 23.8 Å². The fraction of sp³-hybridized carbons (Fsp3) is 0.897. The molecule has 22 heteroatoms. The summed E-state index contributed by atoms with van der Waals surface area (Å²) in [7, 11) is 0. The summed E-state index contributed by atoms with van der Waals surface area (Å²) in [5.74, 6) is 0.0506. The van der Waals surface area contributed by atoms with Crippen molar-refractivity contribution in [2.24, 2.45) is 17.3 Å². The van der Waals surface area contributed by atoms with Crippen molar-refractivity contribution < 1.29 is 109 Å². The quantitative estimate of drug-likeness (QED) is 0.0722. The fourth-order valence-electron chi connectivity index (χ4n) is 9.57. The lowest BCUT2D eigenvalue weighted by Gasteiger charge is -2.51. The molecule has 14 N–H and O–H groups in total. The third-order valence-electron chi connectivity index (χ3n) is 13.3. The first-order valence-corrected chi connectivity index (χ1v) is 20.7. The van der Waals surface area contributed by atoms with Crippen LogP contribution in [0.2, 0.25) is 0 Å². The van der Waals surface area contributed by atoms with Crippen molar-refractivity contribution in [1.29, 1.82) is 0 Å². The van der Waals surface area contributed by atoms with E-state index in [1.807, 2.05) is 13.0 Å². The number of hydrogen-bond donors (Lipinski definition) is 14. The molecular formula is C39H64O22. The zero-order valence-corrected chi connectivity index (χ0v) is 34.0. The van der Waals surface area contributed by atoms with Gasteiger partial charge in [0.2, 0.25) is 0 Å². The molecule has 0 bridgehead atoms. The summed E-state index contributed by atoms with van der Waals surface area (Å²) < 4.78 is 45.7. The Labute approximate surface area is 351 Å². The predicted octanol–water partition coefficient (Wildman–Crippen LogP) is -6.03. The first-order valence-electron chi connectivity index (χ1n) is 20.7. The number of ether oxygens (including phenoxy) is 8. The predicted molar refractivity (Wildman–Crippen MR) is 200 cm³/mol. The molecule has 24 atom stereocenters. The summed E-state index contributed by atoms with van der Waals surface area (Å²) in [6.45, 7) is 5.41. The van der Waals surface area contributed by atoms with Crippen molar-refractivity contribution in [2.45, 2.75) is 168 Å². The third kappa shape index (κ3) is 10.1. The van der Waals surface area contributed by atoms with Crippen molar-refractivity contribution in [2.75, 3.05) is 33.0 Å². The summed E-state index contributed by atoms with van der Waals surface area (Å²) in [5, 5.41) is 145. The van der Waals surface area contributed by atoms with Crippen LogP contribution in [0.5, 0.6) is 0 Å². The molecule has 0 aromatic heterocycles. The summed E-state index contributed by atoms with van der Waals surface area (Å²) in [6.07, 6.45) is -27.5. The van der Waals surface area contributed by atoms with Crippen LogP contribution in [0, 0.1) is 17.3 Å². The fourth-order valence-corrected chi connectivity index (χ4v) is 9.57. The zero-order valence-electron chi connectivity index (χ0n) is 34.0. The van der Waals surface area contributed by atoms with Crippen LogP contribution in [0.25, 0.3) is 0 Å². The molecular weight excluding hydrogens is 820 g/mol. The second-order valence-electron chi connectivity index (χ2n) is 17.4. The summed E-state index contributed by atoms with van der Waals surface area (Å²) in [4.78, 5) is 0. The van der Waals surface area contributed by atoms with Crippen LogP contribution in [-0.4, -0.2) is 233 Å². The highest BCUT2D eigenvalue weighted by atomic mass is 16.8. The van der Waals surface area contributed by atoms with E-state index in [9.17, 15) is 71.5 Å². The molecule has 352 valence electrons. The van der Waals surface area contributed by atoms with Gasteiger partial charge in [0.25, 0.3) is 0 Å². The van der Waals surface area contributed by atoms with E-state index < -0.39 is 155 Å². The highest BCUT2D eigenvalue weighted by Gasteiger charge is 2.54. The molecule has 6 aliphatic rings. The Morgan fingerprint density at radius 2 is 1.03 bits per heavy atom. The Morgan fingerprint density at radius 3 is 1.52 bits per heavy atom. The summed E-state index contributed by atoms with van der Waals surface area (Å²) >= 11 is 0. The van der Waals surface area contributed by atoms with Gasteiger partial charge in [-0.3, -0.25) is 0 Å². The Hall–Kier alpha value is -1.40. The number of rotatable bonds is 14. The van der Waals surface area contributed by atoms with Gasteiger partial charge in [-0.1, -0.05) is 25.2 Å². The molecule has 0 spiro atoms. The molecule has 2 aliphatic carbocycles. The van der Waals surface area contributed by atoms with Gasteiger partial charge in [0, 0.05) is 0 Å². The number of allylic oxidation sites excluding steroid dienone is 1. The zero-order chi connectivity index (χ0) is 44.7. The van der Waals surface area contributed by atoms with E-state index >= 15 is 0 Å². The average molecular weight is 885 g/mol. The van der Waals surface area contributed by atoms with Gasteiger partial charge < -0.3 is 109 Å².